The van der Waals surface area contributed by atoms with Gasteiger partial charge in [0.2, 0.25) is 10.0 Å². The van der Waals surface area contributed by atoms with Crippen LogP contribution in [0.3, 0.4) is 0 Å². The predicted octanol–water partition coefficient (Wildman–Crippen LogP) is -0.620. The van der Waals surface area contributed by atoms with Gasteiger partial charge < -0.3 is 10.5 Å². The molecule has 0 aliphatic heterocycles. The van der Waals surface area contributed by atoms with Crippen molar-refractivity contribution in [3.8, 4) is 0 Å². The van der Waals surface area contributed by atoms with Crippen LogP contribution in [0.4, 0.5) is 11.5 Å². The average Bonchev–Trinajstić information content (AvgIpc) is 2.48. The van der Waals surface area contributed by atoms with E-state index in [0.717, 1.165) is 0 Å². The lowest BCUT2D eigenvalue weighted by Crippen LogP contribution is -2.20. The summed E-state index contributed by atoms with van der Waals surface area (Å²) < 4.78 is 29.5. The standard InChI is InChI=1S/C6H12N4O3S/c1-13-2-3-14(11,12)10-6-5(7)4-8-9-6/h4H,2-3,7H2,1H3,(H2,8,9,10). The zero-order valence-electron chi connectivity index (χ0n) is 7.65. The minimum Gasteiger partial charge on any atom is -0.394 e. The first-order chi connectivity index (χ1) is 6.55. The summed E-state index contributed by atoms with van der Waals surface area (Å²) >= 11 is 0. The van der Waals surface area contributed by atoms with E-state index < -0.39 is 10.0 Å². The van der Waals surface area contributed by atoms with E-state index in [-0.39, 0.29) is 23.9 Å². The quantitative estimate of drug-likeness (QED) is 0.612. The summed E-state index contributed by atoms with van der Waals surface area (Å²) in [5.41, 5.74) is 5.68. The molecule has 1 rings (SSSR count). The van der Waals surface area contributed by atoms with Crippen molar-refractivity contribution in [3.05, 3.63) is 6.20 Å². The largest absolute Gasteiger partial charge is 0.394 e. The maximum Gasteiger partial charge on any atom is 0.236 e. The number of nitrogen functional groups attached to an aromatic ring is 1. The highest BCUT2D eigenvalue weighted by Crippen LogP contribution is 2.13. The van der Waals surface area contributed by atoms with E-state index in [1.54, 1.807) is 0 Å². The number of hydrogen-bond donors (Lipinski definition) is 3. The van der Waals surface area contributed by atoms with Crippen molar-refractivity contribution in [3.63, 3.8) is 0 Å². The van der Waals surface area contributed by atoms with E-state index in [1.165, 1.54) is 13.3 Å². The van der Waals surface area contributed by atoms with Crippen LogP contribution in [0.2, 0.25) is 0 Å². The Kier molecular flexibility index (Phi) is 3.31. The lowest BCUT2D eigenvalue weighted by Gasteiger charge is -2.05. The van der Waals surface area contributed by atoms with E-state index in [2.05, 4.69) is 19.7 Å². The molecule has 0 aromatic carbocycles. The van der Waals surface area contributed by atoms with Crippen molar-refractivity contribution < 1.29 is 13.2 Å². The lowest BCUT2D eigenvalue weighted by atomic mass is 10.6. The number of hydrogen-bond acceptors (Lipinski definition) is 5. The molecule has 1 aromatic rings. The highest BCUT2D eigenvalue weighted by atomic mass is 32.2. The molecule has 0 radical (unpaired) electrons. The topological polar surface area (TPSA) is 110 Å². The molecule has 14 heavy (non-hydrogen) atoms. The number of sulfonamides is 1. The minimum absolute atomic E-state index is 0.123. The number of anilines is 2. The molecule has 1 aromatic heterocycles. The van der Waals surface area contributed by atoms with Crippen molar-refractivity contribution in [2.45, 2.75) is 0 Å². The molecule has 0 fully saturated rings. The molecular weight excluding hydrogens is 208 g/mol. The summed E-state index contributed by atoms with van der Waals surface area (Å²) in [4.78, 5) is 0. The fourth-order valence-corrected chi connectivity index (χ4v) is 1.74. The van der Waals surface area contributed by atoms with E-state index >= 15 is 0 Å². The van der Waals surface area contributed by atoms with Crippen molar-refractivity contribution in [2.75, 3.05) is 29.9 Å². The Morgan fingerprint density at radius 3 is 2.93 bits per heavy atom. The molecule has 0 aliphatic rings. The summed E-state index contributed by atoms with van der Waals surface area (Å²) in [7, 11) is -1.98. The van der Waals surface area contributed by atoms with Gasteiger partial charge in [-0.25, -0.2) is 8.42 Å². The number of methoxy groups -OCH3 is 1. The highest BCUT2D eigenvalue weighted by Gasteiger charge is 2.12. The number of nitrogens with zero attached hydrogens (tertiary/aromatic N) is 1. The number of aromatic amines is 1. The lowest BCUT2D eigenvalue weighted by molar-refractivity contribution is 0.217. The molecule has 1 heterocycles. The third-order valence-electron chi connectivity index (χ3n) is 1.48. The normalized spacial score (nSPS) is 11.5. The van der Waals surface area contributed by atoms with Crippen LogP contribution in [0.25, 0.3) is 0 Å². The number of aromatic nitrogens is 2. The Bertz CT molecular complexity index is 386. The molecule has 0 unspecified atom stereocenters. The number of ether oxygens (including phenoxy) is 1. The molecule has 0 saturated carbocycles. The van der Waals surface area contributed by atoms with E-state index in [9.17, 15) is 8.42 Å². The maximum absolute atomic E-state index is 11.3. The van der Waals surface area contributed by atoms with Crippen LogP contribution in [0.5, 0.6) is 0 Å². The monoisotopic (exact) mass is 220 g/mol. The van der Waals surface area contributed by atoms with Gasteiger partial charge in [0.15, 0.2) is 5.82 Å². The van der Waals surface area contributed by atoms with Crippen molar-refractivity contribution in [2.24, 2.45) is 0 Å². The molecule has 7 nitrogen and oxygen atoms in total. The number of rotatable bonds is 5. The Labute approximate surface area is 81.7 Å². The van der Waals surface area contributed by atoms with E-state index in [0.29, 0.717) is 0 Å². The minimum atomic E-state index is -3.42. The van der Waals surface area contributed by atoms with Crippen molar-refractivity contribution in [1.82, 2.24) is 10.2 Å². The molecule has 0 atom stereocenters. The second-order valence-corrected chi connectivity index (χ2v) is 4.46. The Morgan fingerprint density at radius 1 is 1.71 bits per heavy atom. The smallest absolute Gasteiger partial charge is 0.236 e. The van der Waals surface area contributed by atoms with Gasteiger partial charge >= 0.3 is 0 Å². The molecule has 0 amide bonds. The van der Waals surface area contributed by atoms with Crippen molar-refractivity contribution in [1.29, 1.82) is 0 Å². The van der Waals surface area contributed by atoms with Crippen LogP contribution >= 0.6 is 0 Å². The Hall–Kier alpha value is -1.28. The zero-order valence-corrected chi connectivity index (χ0v) is 8.47. The van der Waals surface area contributed by atoms with Crippen LogP contribution in [0.1, 0.15) is 0 Å². The van der Waals surface area contributed by atoms with Crippen LogP contribution in [-0.4, -0.2) is 38.1 Å². The average molecular weight is 220 g/mol. The van der Waals surface area contributed by atoms with Crippen LogP contribution in [-0.2, 0) is 14.8 Å². The van der Waals surface area contributed by atoms with Crippen molar-refractivity contribution >= 4 is 21.5 Å². The van der Waals surface area contributed by atoms with E-state index in [1.807, 2.05) is 0 Å². The first-order valence-corrected chi connectivity index (χ1v) is 5.48. The molecule has 0 spiro atoms. The summed E-state index contributed by atoms with van der Waals surface area (Å²) in [6.07, 6.45) is 1.33. The molecular formula is C6H12N4O3S. The van der Waals surface area contributed by atoms with Gasteiger partial charge in [-0.05, 0) is 0 Å². The van der Waals surface area contributed by atoms with Gasteiger partial charge in [0.25, 0.3) is 0 Å². The fraction of sp³-hybridized carbons (Fsp3) is 0.500. The third kappa shape index (κ3) is 2.89. The van der Waals surface area contributed by atoms with Crippen LogP contribution < -0.4 is 10.5 Å². The Morgan fingerprint density at radius 2 is 2.43 bits per heavy atom. The molecule has 80 valence electrons. The highest BCUT2D eigenvalue weighted by molar-refractivity contribution is 7.92. The van der Waals surface area contributed by atoms with Gasteiger partial charge in [0.1, 0.15) is 0 Å². The van der Waals surface area contributed by atoms with Gasteiger partial charge in [-0.2, -0.15) is 5.10 Å². The first-order valence-electron chi connectivity index (χ1n) is 3.83. The van der Waals surface area contributed by atoms with Gasteiger partial charge in [0, 0.05) is 7.11 Å². The number of nitrogens with two attached hydrogens (primary N) is 1. The summed E-state index contributed by atoms with van der Waals surface area (Å²) in [6.45, 7) is 0.128. The van der Waals surface area contributed by atoms with Gasteiger partial charge in [-0.15, -0.1) is 0 Å². The second-order valence-electron chi connectivity index (χ2n) is 2.61. The number of nitrogens with one attached hydrogen (secondary N) is 2. The van der Waals surface area contributed by atoms with Gasteiger partial charge in [-0.3, -0.25) is 9.82 Å². The fourth-order valence-electron chi connectivity index (χ4n) is 0.777. The van der Waals surface area contributed by atoms with Crippen LogP contribution in [0.15, 0.2) is 6.20 Å². The Balaban J connectivity index is 2.64. The molecule has 0 saturated heterocycles. The van der Waals surface area contributed by atoms with E-state index in [4.69, 9.17) is 5.73 Å². The van der Waals surface area contributed by atoms with Crippen LogP contribution in [0, 0.1) is 0 Å². The molecule has 8 heteroatoms. The summed E-state index contributed by atoms with van der Waals surface area (Å²) in [5.74, 6) is 0.0585. The SMILES string of the molecule is COCCS(=O)(=O)Nc1[nH]ncc1N. The first kappa shape index (κ1) is 10.8. The molecule has 0 aliphatic carbocycles. The summed E-state index contributed by atoms with van der Waals surface area (Å²) in [6, 6.07) is 0. The summed E-state index contributed by atoms with van der Waals surface area (Å²) in [5, 5.41) is 6.01. The van der Waals surface area contributed by atoms with Gasteiger partial charge in [-0.1, -0.05) is 0 Å². The zero-order chi connectivity index (χ0) is 10.6. The molecule has 4 N–H and O–H groups in total. The van der Waals surface area contributed by atoms with Gasteiger partial charge in [0.05, 0.1) is 24.2 Å². The third-order valence-corrected chi connectivity index (χ3v) is 2.70. The number of H-pyrrole nitrogens is 1. The molecule has 0 bridgehead atoms. The maximum atomic E-state index is 11.3. The second kappa shape index (κ2) is 4.29. The predicted molar refractivity (Wildman–Crippen MR) is 52.3 cm³/mol.